The number of hydrogen-bond donors (Lipinski definition) is 1. The molecule has 3 fully saturated rings. The van der Waals surface area contributed by atoms with Gasteiger partial charge in [0, 0.05) is 30.9 Å². The van der Waals surface area contributed by atoms with Gasteiger partial charge in [0.2, 0.25) is 11.8 Å². The van der Waals surface area contributed by atoms with Gasteiger partial charge in [-0.2, -0.15) is 0 Å². The Hall–Kier alpha value is -2.14. The summed E-state index contributed by atoms with van der Waals surface area (Å²) in [5.74, 6) is 1.84. The van der Waals surface area contributed by atoms with Crippen molar-refractivity contribution in [2.75, 3.05) is 20.1 Å². The van der Waals surface area contributed by atoms with Crippen LogP contribution in [0.2, 0.25) is 0 Å². The lowest BCUT2D eigenvalue weighted by Crippen LogP contribution is -2.44. The van der Waals surface area contributed by atoms with Crippen molar-refractivity contribution in [3.8, 4) is 10.4 Å². The van der Waals surface area contributed by atoms with Gasteiger partial charge < -0.3 is 10.2 Å². The quantitative estimate of drug-likeness (QED) is 0.778. The summed E-state index contributed by atoms with van der Waals surface area (Å²) in [5, 5.41) is 4.97. The van der Waals surface area contributed by atoms with Crippen LogP contribution in [-0.2, 0) is 16.0 Å². The average Bonchev–Trinajstić information content (AvgIpc) is 3.11. The largest absolute Gasteiger partial charge is 0.359 e. The van der Waals surface area contributed by atoms with Crippen LogP contribution in [0.1, 0.15) is 37.7 Å². The Morgan fingerprint density at radius 3 is 2.50 bits per heavy atom. The summed E-state index contributed by atoms with van der Waals surface area (Å²) in [5.41, 5.74) is 1.85. The molecule has 0 radical (unpaired) electrons. The minimum Gasteiger partial charge on any atom is -0.359 e. The van der Waals surface area contributed by atoms with E-state index in [0.29, 0.717) is 37.3 Å². The van der Waals surface area contributed by atoms with E-state index < -0.39 is 5.41 Å². The highest BCUT2D eigenvalue weighted by atomic mass is 32.1. The zero-order valence-electron chi connectivity index (χ0n) is 17.6. The van der Waals surface area contributed by atoms with Crippen LogP contribution in [0.25, 0.3) is 10.4 Å². The van der Waals surface area contributed by atoms with Gasteiger partial charge in [0.1, 0.15) is 0 Å². The molecule has 3 aliphatic rings. The van der Waals surface area contributed by atoms with Crippen LogP contribution in [0, 0.1) is 23.2 Å². The molecule has 0 unspecified atom stereocenters. The molecule has 2 saturated carbocycles. The number of nitrogens with one attached hydrogen (secondary N) is 1. The number of carbonyl (C=O) groups is 2. The molecule has 5 heteroatoms. The van der Waals surface area contributed by atoms with E-state index in [-0.39, 0.29) is 11.8 Å². The number of benzene rings is 1. The van der Waals surface area contributed by atoms with Gasteiger partial charge in [0.15, 0.2) is 0 Å². The first-order valence-electron chi connectivity index (χ1n) is 11.3. The molecule has 2 aromatic rings. The van der Waals surface area contributed by atoms with Gasteiger partial charge in [-0.1, -0.05) is 43.2 Å². The fourth-order valence-corrected chi connectivity index (χ4v) is 6.66. The number of rotatable bonds is 5. The van der Waals surface area contributed by atoms with Crippen molar-refractivity contribution in [1.29, 1.82) is 0 Å². The molecule has 158 valence electrons. The third-order valence-electron chi connectivity index (χ3n) is 7.62. The van der Waals surface area contributed by atoms with E-state index in [1.165, 1.54) is 36.1 Å². The Balaban J connectivity index is 1.31. The highest BCUT2D eigenvalue weighted by Crippen LogP contribution is 2.56. The average molecular weight is 423 g/mol. The van der Waals surface area contributed by atoms with Crippen LogP contribution < -0.4 is 5.32 Å². The molecule has 1 aliphatic heterocycles. The SMILES string of the molecule is CNC(=O)[C@]1(Cc2ccc(-c3cccs3)cc2)CCN(C(=O)C2[C@H]3CCCC[C@H]23)C1. The van der Waals surface area contributed by atoms with E-state index in [2.05, 4.69) is 47.1 Å². The number of thiophene rings is 1. The molecule has 1 saturated heterocycles. The smallest absolute Gasteiger partial charge is 0.228 e. The van der Waals surface area contributed by atoms with Crippen LogP contribution in [0.5, 0.6) is 0 Å². The minimum absolute atomic E-state index is 0.0633. The molecular formula is C25H30N2O2S. The molecule has 0 spiro atoms. The molecule has 0 bridgehead atoms. The van der Waals surface area contributed by atoms with Crippen LogP contribution in [0.4, 0.5) is 0 Å². The number of nitrogens with zero attached hydrogens (tertiary/aromatic N) is 1. The topological polar surface area (TPSA) is 49.4 Å². The molecule has 2 heterocycles. The molecule has 5 rings (SSSR count). The van der Waals surface area contributed by atoms with Crippen LogP contribution in [0.15, 0.2) is 41.8 Å². The molecule has 30 heavy (non-hydrogen) atoms. The maximum Gasteiger partial charge on any atom is 0.228 e. The number of amides is 2. The molecular weight excluding hydrogens is 392 g/mol. The lowest BCUT2D eigenvalue weighted by Gasteiger charge is -2.28. The third kappa shape index (κ3) is 3.47. The molecule has 1 aromatic heterocycles. The van der Waals surface area contributed by atoms with E-state index in [1.54, 1.807) is 18.4 Å². The molecule has 2 amide bonds. The maximum absolute atomic E-state index is 13.2. The second-order valence-corrected chi connectivity index (χ2v) is 10.3. The number of likely N-dealkylation sites (tertiary alicyclic amines) is 1. The Labute approximate surface area is 182 Å². The van der Waals surface area contributed by atoms with Crippen LogP contribution >= 0.6 is 11.3 Å². The zero-order chi connectivity index (χ0) is 20.7. The maximum atomic E-state index is 13.2. The van der Waals surface area contributed by atoms with Gasteiger partial charge in [0.05, 0.1) is 5.41 Å². The van der Waals surface area contributed by atoms with E-state index >= 15 is 0 Å². The van der Waals surface area contributed by atoms with Crippen molar-refractivity contribution < 1.29 is 9.59 Å². The van der Waals surface area contributed by atoms with Gasteiger partial charge in [-0.15, -0.1) is 11.3 Å². The molecule has 4 nitrogen and oxygen atoms in total. The molecule has 1 aromatic carbocycles. The van der Waals surface area contributed by atoms with Gasteiger partial charge >= 0.3 is 0 Å². The van der Waals surface area contributed by atoms with Crippen molar-refractivity contribution in [2.45, 2.75) is 38.5 Å². The number of carbonyl (C=O) groups excluding carboxylic acids is 2. The summed E-state index contributed by atoms with van der Waals surface area (Å²) >= 11 is 1.73. The van der Waals surface area contributed by atoms with Gasteiger partial charge in [-0.25, -0.2) is 0 Å². The minimum atomic E-state index is -0.519. The number of hydrogen-bond acceptors (Lipinski definition) is 3. The molecule has 1 N–H and O–H groups in total. The summed E-state index contributed by atoms with van der Waals surface area (Å²) in [6.45, 7) is 1.25. The second-order valence-electron chi connectivity index (χ2n) is 9.36. The fourth-order valence-electron chi connectivity index (χ4n) is 5.93. The third-order valence-corrected chi connectivity index (χ3v) is 8.54. The lowest BCUT2D eigenvalue weighted by atomic mass is 9.79. The summed E-state index contributed by atoms with van der Waals surface area (Å²) < 4.78 is 0. The Kier molecular flexibility index (Phi) is 5.18. The monoisotopic (exact) mass is 422 g/mol. The van der Waals surface area contributed by atoms with E-state index in [0.717, 1.165) is 12.0 Å². The zero-order valence-corrected chi connectivity index (χ0v) is 18.4. The lowest BCUT2D eigenvalue weighted by molar-refractivity contribution is -0.134. The predicted octanol–water partition coefficient (Wildman–Crippen LogP) is 4.36. The summed E-state index contributed by atoms with van der Waals surface area (Å²) in [7, 11) is 1.71. The van der Waals surface area contributed by atoms with Gasteiger partial charge in [0.25, 0.3) is 0 Å². The molecule has 3 atom stereocenters. The van der Waals surface area contributed by atoms with Crippen molar-refractivity contribution in [1.82, 2.24) is 10.2 Å². The first-order chi connectivity index (χ1) is 14.6. The van der Waals surface area contributed by atoms with Gasteiger partial charge in [-0.3, -0.25) is 9.59 Å². The first kappa shape index (κ1) is 19.8. The first-order valence-corrected chi connectivity index (χ1v) is 12.1. The number of fused-ring (bicyclic) bond motifs is 1. The van der Waals surface area contributed by atoms with Crippen LogP contribution in [-0.4, -0.2) is 36.9 Å². The van der Waals surface area contributed by atoms with E-state index in [9.17, 15) is 9.59 Å². The second kappa shape index (κ2) is 7.84. The highest BCUT2D eigenvalue weighted by Gasteiger charge is 2.57. The van der Waals surface area contributed by atoms with Crippen molar-refractivity contribution in [2.24, 2.45) is 23.2 Å². The summed E-state index contributed by atoms with van der Waals surface area (Å²) in [6.07, 6.45) is 6.40. The summed E-state index contributed by atoms with van der Waals surface area (Å²) in [4.78, 5) is 29.4. The highest BCUT2D eigenvalue weighted by molar-refractivity contribution is 7.13. The normalized spacial score (nSPS) is 30.0. The Morgan fingerprint density at radius 1 is 1.13 bits per heavy atom. The van der Waals surface area contributed by atoms with Gasteiger partial charge in [-0.05, 0) is 60.1 Å². The van der Waals surface area contributed by atoms with E-state index in [1.807, 2.05) is 4.90 Å². The Morgan fingerprint density at radius 2 is 1.87 bits per heavy atom. The van der Waals surface area contributed by atoms with Crippen LogP contribution in [0.3, 0.4) is 0 Å². The fraction of sp³-hybridized carbons (Fsp3) is 0.520. The predicted molar refractivity (Wildman–Crippen MR) is 120 cm³/mol. The molecule has 2 aliphatic carbocycles. The summed E-state index contributed by atoms with van der Waals surface area (Å²) in [6, 6.07) is 12.8. The van der Waals surface area contributed by atoms with Crippen molar-refractivity contribution >= 4 is 23.2 Å². The standard InChI is InChI=1S/C25H30N2O2S/c1-26-24(29)25(15-17-8-10-18(11-9-17)21-7-4-14-30-21)12-13-27(16-25)23(28)22-19-5-2-3-6-20(19)22/h4,7-11,14,19-20,22H,2-3,5-6,12-13,15-16H2,1H3,(H,26,29)/t19-,20-,25-/m0/s1. The van der Waals surface area contributed by atoms with Crippen molar-refractivity contribution in [3.05, 3.63) is 47.3 Å². The Bertz CT molecular complexity index is 911. The van der Waals surface area contributed by atoms with Crippen molar-refractivity contribution in [3.63, 3.8) is 0 Å². The van der Waals surface area contributed by atoms with E-state index in [4.69, 9.17) is 0 Å².